The van der Waals surface area contributed by atoms with Gasteiger partial charge in [-0.15, -0.1) is 0 Å². The molecule has 0 radical (unpaired) electrons. The summed E-state index contributed by atoms with van der Waals surface area (Å²) in [5, 5.41) is 3.31. The van der Waals surface area contributed by atoms with E-state index in [-0.39, 0.29) is 28.6 Å². The second kappa shape index (κ2) is 11.0. The van der Waals surface area contributed by atoms with Gasteiger partial charge in [-0.2, -0.15) is 0 Å². The molecule has 0 saturated carbocycles. The van der Waals surface area contributed by atoms with Gasteiger partial charge in [0.05, 0.1) is 11.5 Å². The van der Waals surface area contributed by atoms with Crippen LogP contribution in [0.15, 0.2) is 54.6 Å². The summed E-state index contributed by atoms with van der Waals surface area (Å²) in [6.45, 7) is 13.4. The second-order valence-electron chi connectivity index (χ2n) is 13.3. The van der Waals surface area contributed by atoms with Crippen LogP contribution in [0.2, 0.25) is 18.1 Å². The van der Waals surface area contributed by atoms with E-state index in [1.54, 1.807) is 17.0 Å². The quantitative estimate of drug-likeness (QED) is 0.406. The van der Waals surface area contributed by atoms with Crippen molar-refractivity contribution < 1.29 is 18.4 Å². The maximum absolute atomic E-state index is 14.1. The van der Waals surface area contributed by atoms with Crippen LogP contribution >= 0.6 is 0 Å². The van der Waals surface area contributed by atoms with E-state index in [4.69, 9.17) is 4.43 Å². The van der Waals surface area contributed by atoms with Gasteiger partial charge in [0.25, 0.3) is 0 Å². The third-order valence-corrected chi connectivity index (χ3v) is 14.5. The Morgan fingerprint density at radius 1 is 1.10 bits per heavy atom. The smallest absolute Gasteiger partial charge is 0.244 e. The number of halogens is 1. The SMILES string of the molecule is CC(C)(C)[Si](C)(C)OCCN1C2CCC13[C@H](C2)C(=O)N(Cc1ccc(F)cc1)[C@H]3C(=O)NCCc1ccccc1. The molecule has 216 valence electrons. The monoisotopic (exact) mass is 565 g/mol. The normalized spacial score (nSPS) is 26.4. The van der Waals surface area contributed by atoms with Gasteiger partial charge in [0.1, 0.15) is 11.9 Å². The zero-order valence-corrected chi connectivity index (χ0v) is 25.6. The average Bonchev–Trinajstić information content (AvgIpc) is 3.49. The summed E-state index contributed by atoms with van der Waals surface area (Å²) in [6, 6.07) is 16.1. The van der Waals surface area contributed by atoms with E-state index in [1.807, 2.05) is 18.2 Å². The molecule has 0 aromatic heterocycles. The molecule has 2 amide bonds. The molecule has 2 aromatic carbocycles. The molecule has 3 aliphatic heterocycles. The Hall–Kier alpha value is -2.55. The molecular formula is C32H44FN3O3Si. The minimum Gasteiger partial charge on any atom is -0.416 e. The van der Waals surface area contributed by atoms with E-state index >= 15 is 0 Å². The summed E-state index contributed by atoms with van der Waals surface area (Å²) in [6.07, 6.45) is 3.33. The molecule has 2 unspecified atom stereocenters. The minimum absolute atomic E-state index is 0.0463. The summed E-state index contributed by atoms with van der Waals surface area (Å²) >= 11 is 0. The molecule has 5 rings (SSSR count). The standard InChI is InChI=1S/C32H44FN3O3Si/c1-31(2,3)40(4,5)39-20-19-36-26-15-17-32(36)27(21-26)30(38)35(22-24-11-13-25(33)14-12-24)28(32)29(37)34-18-16-23-9-7-6-8-10-23/h6-14,26-28H,15-22H2,1-5H3,(H,34,37)/t26?,27-,28+,32?/m1/s1. The van der Waals surface area contributed by atoms with Gasteiger partial charge in [-0.1, -0.05) is 63.2 Å². The van der Waals surface area contributed by atoms with Crippen LogP contribution in [0.1, 0.15) is 51.2 Å². The molecule has 6 nitrogen and oxygen atoms in total. The molecule has 1 N–H and O–H groups in total. The molecular weight excluding hydrogens is 521 g/mol. The number of benzene rings is 2. The number of fused-ring (bicyclic) bond motifs is 1. The summed E-state index contributed by atoms with van der Waals surface area (Å²) in [4.78, 5) is 32.3. The van der Waals surface area contributed by atoms with Gasteiger partial charge in [0, 0.05) is 32.3 Å². The van der Waals surface area contributed by atoms with Crippen molar-refractivity contribution in [2.45, 2.75) is 88.8 Å². The number of carbonyl (C=O) groups is 2. The zero-order chi connectivity index (χ0) is 28.7. The van der Waals surface area contributed by atoms with Gasteiger partial charge in [0.2, 0.25) is 11.8 Å². The number of amides is 2. The third kappa shape index (κ3) is 5.26. The number of nitrogens with one attached hydrogen (secondary N) is 1. The van der Waals surface area contributed by atoms with E-state index in [2.05, 4.69) is 56.2 Å². The highest BCUT2D eigenvalue weighted by molar-refractivity contribution is 6.74. The predicted octanol–water partition coefficient (Wildman–Crippen LogP) is 5.14. The summed E-state index contributed by atoms with van der Waals surface area (Å²) in [7, 11) is -1.92. The lowest BCUT2D eigenvalue weighted by atomic mass is 9.75. The Morgan fingerprint density at radius 3 is 2.48 bits per heavy atom. The largest absolute Gasteiger partial charge is 0.416 e. The van der Waals surface area contributed by atoms with Crippen molar-refractivity contribution in [1.29, 1.82) is 0 Å². The van der Waals surface area contributed by atoms with Crippen LogP contribution < -0.4 is 5.32 Å². The minimum atomic E-state index is -1.92. The number of likely N-dealkylation sites (tertiary alicyclic amines) is 1. The lowest BCUT2D eigenvalue weighted by molar-refractivity contribution is -0.138. The van der Waals surface area contributed by atoms with Crippen molar-refractivity contribution in [3.8, 4) is 0 Å². The van der Waals surface area contributed by atoms with E-state index in [9.17, 15) is 14.0 Å². The van der Waals surface area contributed by atoms with E-state index in [1.165, 1.54) is 12.1 Å². The van der Waals surface area contributed by atoms with Crippen molar-refractivity contribution in [2.24, 2.45) is 5.92 Å². The molecule has 0 aliphatic carbocycles. The highest BCUT2D eigenvalue weighted by atomic mass is 28.4. The predicted molar refractivity (Wildman–Crippen MR) is 158 cm³/mol. The highest BCUT2D eigenvalue weighted by Crippen LogP contribution is 2.57. The summed E-state index contributed by atoms with van der Waals surface area (Å²) in [5.74, 6) is -0.560. The Bertz CT molecular complexity index is 1220. The fourth-order valence-electron chi connectivity index (χ4n) is 6.93. The molecule has 8 heteroatoms. The number of carbonyl (C=O) groups excluding carboxylic acids is 2. The fourth-order valence-corrected chi connectivity index (χ4v) is 7.97. The molecule has 4 atom stereocenters. The van der Waals surface area contributed by atoms with Crippen molar-refractivity contribution in [1.82, 2.24) is 15.1 Å². The van der Waals surface area contributed by atoms with Gasteiger partial charge in [-0.05, 0) is 67.1 Å². The van der Waals surface area contributed by atoms with Gasteiger partial charge >= 0.3 is 0 Å². The second-order valence-corrected chi connectivity index (χ2v) is 18.1. The van der Waals surface area contributed by atoms with Crippen LogP contribution in [0.4, 0.5) is 4.39 Å². The Morgan fingerprint density at radius 2 is 1.80 bits per heavy atom. The number of hydrogen-bond acceptors (Lipinski definition) is 4. The van der Waals surface area contributed by atoms with Crippen LogP contribution in [0.25, 0.3) is 0 Å². The average molecular weight is 566 g/mol. The fraction of sp³-hybridized carbons (Fsp3) is 0.562. The van der Waals surface area contributed by atoms with Crippen LogP contribution in [0.5, 0.6) is 0 Å². The Labute approximate surface area is 239 Å². The molecule has 3 heterocycles. The first kappa shape index (κ1) is 29.0. The number of nitrogens with zero attached hydrogens (tertiary/aromatic N) is 2. The molecule has 1 spiro atoms. The molecule has 2 bridgehead atoms. The zero-order valence-electron chi connectivity index (χ0n) is 24.6. The van der Waals surface area contributed by atoms with Crippen LogP contribution in [-0.4, -0.2) is 67.3 Å². The van der Waals surface area contributed by atoms with E-state index in [0.717, 1.165) is 43.4 Å². The molecule has 40 heavy (non-hydrogen) atoms. The highest BCUT2D eigenvalue weighted by Gasteiger charge is 2.71. The molecule has 3 saturated heterocycles. The maximum Gasteiger partial charge on any atom is 0.244 e. The van der Waals surface area contributed by atoms with Crippen LogP contribution in [0, 0.1) is 11.7 Å². The lowest BCUT2D eigenvalue weighted by Crippen LogP contribution is -2.60. The van der Waals surface area contributed by atoms with Crippen LogP contribution in [0.3, 0.4) is 0 Å². The maximum atomic E-state index is 14.1. The molecule has 3 fully saturated rings. The van der Waals surface area contributed by atoms with Crippen molar-refractivity contribution >= 4 is 20.1 Å². The first-order valence-corrected chi connectivity index (χ1v) is 17.6. The third-order valence-electron chi connectivity index (χ3n) is 10.0. The molecule has 2 aromatic rings. The summed E-state index contributed by atoms with van der Waals surface area (Å²) < 4.78 is 20.2. The topological polar surface area (TPSA) is 61.9 Å². The number of rotatable bonds is 10. The molecule has 3 aliphatic rings. The van der Waals surface area contributed by atoms with Crippen molar-refractivity contribution in [3.05, 3.63) is 71.5 Å². The first-order chi connectivity index (χ1) is 18.9. The lowest BCUT2D eigenvalue weighted by Gasteiger charge is -2.41. The summed E-state index contributed by atoms with van der Waals surface area (Å²) in [5.41, 5.74) is 1.46. The van der Waals surface area contributed by atoms with Gasteiger partial charge in [-0.25, -0.2) is 4.39 Å². The Kier molecular flexibility index (Phi) is 7.98. The van der Waals surface area contributed by atoms with Gasteiger partial charge < -0.3 is 14.6 Å². The van der Waals surface area contributed by atoms with Gasteiger partial charge in [0.15, 0.2) is 8.32 Å². The van der Waals surface area contributed by atoms with Gasteiger partial charge in [-0.3, -0.25) is 14.5 Å². The van der Waals surface area contributed by atoms with Crippen LogP contribution in [-0.2, 0) is 27.0 Å². The van der Waals surface area contributed by atoms with Crippen molar-refractivity contribution in [3.63, 3.8) is 0 Å². The first-order valence-electron chi connectivity index (χ1n) is 14.7. The van der Waals surface area contributed by atoms with E-state index in [0.29, 0.717) is 25.7 Å². The number of hydrogen-bond donors (Lipinski definition) is 1. The van der Waals surface area contributed by atoms with Crippen molar-refractivity contribution in [2.75, 3.05) is 19.7 Å². The van der Waals surface area contributed by atoms with E-state index < -0.39 is 19.9 Å². The Balaban J connectivity index is 1.39.